The second-order valence-electron chi connectivity index (χ2n) is 10.2. The third-order valence-corrected chi connectivity index (χ3v) is 7.90. The van der Waals surface area contributed by atoms with Crippen LogP contribution in [-0.4, -0.2) is 0 Å². The molecule has 0 heteroatoms. The predicted octanol–water partition coefficient (Wildman–Crippen LogP) is 6.06. The van der Waals surface area contributed by atoms with Crippen LogP contribution in [0.1, 0.15) is 85.0 Å². The zero-order chi connectivity index (χ0) is 14.0. The van der Waals surface area contributed by atoms with Gasteiger partial charge in [-0.1, -0.05) is 20.8 Å². The van der Waals surface area contributed by atoms with Crippen molar-refractivity contribution in [2.75, 3.05) is 0 Å². The predicted molar refractivity (Wildman–Crippen MR) is 85.5 cm³/mol. The minimum Gasteiger partial charge on any atom is -0.0599 e. The Kier molecular flexibility index (Phi) is 3.07. The summed E-state index contributed by atoms with van der Waals surface area (Å²) in [4.78, 5) is 0. The van der Waals surface area contributed by atoms with E-state index in [0.717, 1.165) is 35.0 Å². The molecule has 0 atom stereocenters. The zero-order valence-electron chi connectivity index (χ0n) is 14.0. The Balaban J connectivity index is 1.47. The van der Waals surface area contributed by atoms with Crippen LogP contribution in [0.4, 0.5) is 0 Å². The van der Waals surface area contributed by atoms with Gasteiger partial charge in [-0.15, -0.1) is 0 Å². The smallest absolute Gasteiger partial charge is 0.0261 e. The van der Waals surface area contributed by atoms with E-state index in [1.165, 1.54) is 12.8 Å². The summed E-state index contributed by atoms with van der Waals surface area (Å²) in [7, 11) is 0. The van der Waals surface area contributed by atoms with Crippen LogP contribution in [0.2, 0.25) is 0 Å². The van der Waals surface area contributed by atoms with E-state index in [1.807, 2.05) is 0 Å². The molecule has 0 heterocycles. The Hall–Kier alpha value is 0. The molecule has 0 aromatic heterocycles. The maximum atomic E-state index is 2.46. The highest BCUT2D eigenvalue weighted by molar-refractivity contribution is 5.04. The summed E-state index contributed by atoms with van der Waals surface area (Å²) in [6, 6.07) is 0. The molecule has 0 N–H and O–H groups in total. The van der Waals surface area contributed by atoms with Crippen LogP contribution in [0.15, 0.2) is 0 Å². The molecule has 5 aliphatic carbocycles. The van der Waals surface area contributed by atoms with E-state index in [2.05, 4.69) is 20.8 Å². The largest absolute Gasteiger partial charge is 0.0599 e. The van der Waals surface area contributed by atoms with Gasteiger partial charge in [-0.2, -0.15) is 0 Å². The van der Waals surface area contributed by atoms with Crippen molar-refractivity contribution in [3.63, 3.8) is 0 Å². The van der Waals surface area contributed by atoms with Gasteiger partial charge in [0.05, 0.1) is 0 Å². The molecule has 5 fully saturated rings. The highest BCUT2D eigenvalue weighted by Crippen LogP contribution is 2.65. The lowest BCUT2D eigenvalue weighted by Crippen LogP contribution is -2.50. The first-order valence-corrected chi connectivity index (χ1v) is 9.45. The maximum absolute atomic E-state index is 2.46. The summed E-state index contributed by atoms with van der Waals surface area (Å²) in [5.74, 6) is 5.52. The lowest BCUT2D eigenvalue weighted by molar-refractivity contribution is -0.100. The van der Waals surface area contributed by atoms with E-state index >= 15 is 0 Å². The van der Waals surface area contributed by atoms with Gasteiger partial charge in [0, 0.05) is 0 Å². The molecule has 0 nitrogen and oxygen atoms in total. The Morgan fingerprint density at radius 2 is 1.15 bits per heavy atom. The van der Waals surface area contributed by atoms with Gasteiger partial charge >= 0.3 is 0 Å². The van der Waals surface area contributed by atoms with Crippen molar-refractivity contribution >= 4 is 0 Å². The van der Waals surface area contributed by atoms with Crippen LogP contribution >= 0.6 is 0 Å². The summed E-state index contributed by atoms with van der Waals surface area (Å²) < 4.78 is 0. The van der Waals surface area contributed by atoms with Crippen molar-refractivity contribution < 1.29 is 0 Å². The fourth-order valence-corrected chi connectivity index (χ4v) is 7.25. The Morgan fingerprint density at radius 3 is 1.55 bits per heavy atom. The van der Waals surface area contributed by atoms with Crippen LogP contribution in [0.3, 0.4) is 0 Å². The molecular formula is C20H34. The van der Waals surface area contributed by atoms with E-state index in [0.29, 0.717) is 5.41 Å². The molecule has 0 aromatic carbocycles. The first kappa shape index (κ1) is 13.6. The van der Waals surface area contributed by atoms with Gasteiger partial charge in [0.1, 0.15) is 0 Å². The molecule has 5 rings (SSSR count). The van der Waals surface area contributed by atoms with Crippen LogP contribution in [-0.2, 0) is 0 Å². The molecule has 0 saturated heterocycles. The SMILES string of the molecule is CC(C)(C)C1CCC(C23CC4CC(CC(C4)C2)C3)CC1. The van der Waals surface area contributed by atoms with E-state index in [4.69, 9.17) is 0 Å². The molecule has 0 unspecified atom stereocenters. The van der Waals surface area contributed by atoms with Crippen molar-refractivity contribution in [1.29, 1.82) is 0 Å². The standard InChI is InChI=1S/C20H34/c1-19(2,3)17-4-6-18(7-5-17)20-11-14-8-15(12-20)10-16(9-14)13-20/h14-18H,4-13H2,1-3H3. The summed E-state index contributed by atoms with van der Waals surface area (Å²) in [5.41, 5.74) is 1.38. The Morgan fingerprint density at radius 1 is 0.700 bits per heavy atom. The summed E-state index contributed by atoms with van der Waals surface area (Å²) in [6.07, 6.45) is 15.9. The van der Waals surface area contributed by atoms with Gasteiger partial charge in [-0.3, -0.25) is 0 Å². The van der Waals surface area contributed by atoms with Crippen molar-refractivity contribution in [2.45, 2.75) is 85.0 Å². The second kappa shape index (κ2) is 4.50. The third-order valence-electron chi connectivity index (χ3n) is 7.90. The van der Waals surface area contributed by atoms with Gasteiger partial charge in [-0.05, 0) is 105 Å². The first-order chi connectivity index (χ1) is 9.45. The molecule has 5 aliphatic rings. The van der Waals surface area contributed by atoms with Gasteiger partial charge in [0.2, 0.25) is 0 Å². The highest BCUT2D eigenvalue weighted by Gasteiger charge is 2.54. The van der Waals surface area contributed by atoms with Gasteiger partial charge in [-0.25, -0.2) is 0 Å². The fraction of sp³-hybridized carbons (Fsp3) is 1.00. The molecule has 5 saturated carbocycles. The minimum atomic E-state index is 0.548. The lowest BCUT2D eigenvalue weighted by atomic mass is 9.45. The summed E-state index contributed by atoms with van der Waals surface area (Å²) in [5, 5.41) is 0. The van der Waals surface area contributed by atoms with Crippen LogP contribution < -0.4 is 0 Å². The van der Waals surface area contributed by atoms with E-state index in [9.17, 15) is 0 Å². The first-order valence-electron chi connectivity index (χ1n) is 9.45. The molecule has 20 heavy (non-hydrogen) atoms. The van der Waals surface area contributed by atoms with Crippen molar-refractivity contribution in [3.05, 3.63) is 0 Å². The molecule has 0 aromatic rings. The molecule has 0 aliphatic heterocycles. The summed E-state index contributed by atoms with van der Waals surface area (Å²) >= 11 is 0. The van der Waals surface area contributed by atoms with Gasteiger partial charge in [0.25, 0.3) is 0 Å². The molecule has 0 radical (unpaired) electrons. The molecular weight excluding hydrogens is 240 g/mol. The topological polar surface area (TPSA) is 0 Å². The normalized spacial score (nSPS) is 51.5. The average molecular weight is 274 g/mol. The molecule has 0 spiro atoms. The van der Waals surface area contributed by atoms with Crippen molar-refractivity contribution in [1.82, 2.24) is 0 Å². The second-order valence-corrected chi connectivity index (χ2v) is 10.2. The van der Waals surface area contributed by atoms with Crippen LogP contribution in [0.5, 0.6) is 0 Å². The number of rotatable bonds is 1. The van der Waals surface area contributed by atoms with Crippen LogP contribution in [0, 0.1) is 40.4 Å². The summed E-state index contributed by atoms with van der Waals surface area (Å²) in [6.45, 7) is 7.38. The fourth-order valence-electron chi connectivity index (χ4n) is 7.25. The molecule has 114 valence electrons. The maximum Gasteiger partial charge on any atom is -0.0261 e. The zero-order valence-corrected chi connectivity index (χ0v) is 14.0. The average Bonchev–Trinajstić information content (AvgIpc) is 2.36. The number of hydrogen-bond donors (Lipinski definition) is 0. The van der Waals surface area contributed by atoms with Gasteiger partial charge in [0.15, 0.2) is 0 Å². The van der Waals surface area contributed by atoms with E-state index in [1.54, 1.807) is 51.4 Å². The van der Waals surface area contributed by atoms with E-state index in [-0.39, 0.29) is 0 Å². The Labute approximate surface area is 126 Å². The van der Waals surface area contributed by atoms with Gasteiger partial charge < -0.3 is 0 Å². The van der Waals surface area contributed by atoms with Crippen molar-refractivity contribution in [2.24, 2.45) is 40.4 Å². The third kappa shape index (κ3) is 2.17. The van der Waals surface area contributed by atoms with Crippen molar-refractivity contribution in [3.8, 4) is 0 Å². The Bertz CT molecular complexity index is 329. The molecule has 4 bridgehead atoms. The quantitative estimate of drug-likeness (QED) is 0.545. The molecule has 0 amide bonds. The monoisotopic (exact) mass is 274 g/mol. The lowest BCUT2D eigenvalue weighted by Gasteiger charge is -2.60. The van der Waals surface area contributed by atoms with Crippen LogP contribution in [0.25, 0.3) is 0 Å². The number of hydrogen-bond acceptors (Lipinski definition) is 0. The van der Waals surface area contributed by atoms with E-state index < -0.39 is 0 Å². The minimum absolute atomic E-state index is 0.548. The highest BCUT2D eigenvalue weighted by atomic mass is 14.6.